The Hall–Kier alpha value is -2.30. The van der Waals surface area contributed by atoms with Gasteiger partial charge in [0, 0.05) is 27.4 Å². The quantitative estimate of drug-likeness (QED) is 0.483. The molecule has 124 valence electrons. The average Bonchev–Trinajstić information content (AvgIpc) is 2.92. The van der Waals surface area contributed by atoms with Crippen molar-refractivity contribution in [2.24, 2.45) is 5.73 Å². The van der Waals surface area contributed by atoms with Crippen molar-refractivity contribution in [3.63, 3.8) is 0 Å². The number of rotatable bonds is 3. The minimum Gasteiger partial charge on any atom is -0.366 e. The number of nitrogens with two attached hydrogens (primary N) is 1. The summed E-state index contributed by atoms with van der Waals surface area (Å²) in [5, 5.41) is 2.43. The molecule has 0 radical (unpaired) electrons. The van der Waals surface area contributed by atoms with Crippen LogP contribution < -0.4 is 5.73 Å². The second-order valence-electron chi connectivity index (χ2n) is 5.88. The van der Waals surface area contributed by atoms with Crippen LogP contribution in [0.5, 0.6) is 0 Å². The number of amides is 1. The molecule has 0 saturated heterocycles. The molecule has 0 aliphatic carbocycles. The van der Waals surface area contributed by atoms with Crippen molar-refractivity contribution < 1.29 is 4.79 Å². The molecule has 0 aliphatic rings. The number of halogens is 2. The summed E-state index contributed by atoms with van der Waals surface area (Å²) >= 11 is 10.1. The van der Waals surface area contributed by atoms with Gasteiger partial charge in [-0.25, -0.2) is 0 Å². The monoisotopic (exact) mass is 412 g/mol. The fraction of sp³-hybridized carbons (Fsp3) is 0.0500. The standard InChI is InChI=1S/C20H14BrClN2O/c21-15-8-2-1-5-12(15)11-24-17-10-4-7-14(20(23)25)18(17)13-6-3-9-16(22)19(13)24/h1-10H,11H2,(H2,23,25). The number of nitrogens with zero attached hydrogens (tertiary/aromatic N) is 1. The van der Waals surface area contributed by atoms with Gasteiger partial charge < -0.3 is 10.3 Å². The predicted molar refractivity (Wildman–Crippen MR) is 106 cm³/mol. The summed E-state index contributed by atoms with van der Waals surface area (Å²) in [7, 11) is 0. The number of primary amides is 1. The molecular formula is C20H14BrClN2O. The maximum absolute atomic E-state index is 11.9. The first-order chi connectivity index (χ1) is 12.1. The maximum atomic E-state index is 11.9. The fourth-order valence-corrected chi connectivity index (χ4v) is 4.01. The Morgan fingerprint density at radius 1 is 1.04 bits per heavy atom. The number of fused-ring (bicyclic) bond motifs is 3. The molecular weight excluding hydrogens is 400 g/mol. The zero-order valence-corrected chi connectivity index (χ0v) is 15.5. The van der Waals surface area contributed by atoms with Gasteiger partial charge in [0.05, 0.1) is 16.1 Å². The van der Waals surface area contributed by atoms with Crippen LogP contribution in [0.1, 0.15) is 15.9 Å². The van der Waals surface area contributed by atoms with Crippen LogP contribution in [0.15, 0.2) is 65.1 Å². The van der Waals surface area contributed by atoms with Crippen molar-refractivity contribution in [2.45, 2.75) is 6.54 Å². The Balaban J connectivity index is 2.10. The third kappa shape index (κ3) is 2.62. The van der Waals surface area contributed by atoms with E-state index in [0.717, 1.165) is 31.8 Å². The van der Waals surface area contributed by atoms with Crippen LogP contribution in [0, 0.1) is 0 Å². The lowest BCUT2D eigenvalue weighted by atomic mass is 10.1. The van der Waals surface area contributed by atoms with Crippen LogP contribution in [-0.4, -0.2) is 10.5 Å². The third-order valence-electron chi connectivity index (χ3n) is 4.41. The van der Waals surface area contributed by atoms with Crippen molar-refractivity contribution in [1.82, 2.24) is 4.57 Å². The molecule has 0 spiro atoms. The van der Waals surface area contributed by atoms with Gasteiger partial charge in [-0.3, -0.25) is 4.79 Å². The van der Waals surface area contributed by atoms with E-state index in [0.29, 0.717) is 17.1 Å². The molecule has 0 aliphatic heterocycles. The molecule has 3 nitrogen and oxygen atoms in total. The molecule has 1 amide bonds. The molecule has 0 unspecified atom stereocenters. The van der Waals surface area contributed by atoms with Gasteiger partial charge in [-0.1, -0.05) is 63.9 Å². The van der Waals surface area contributed by atoms with E-state index in [1.165, 1.54) is 0 Å². The second kappa shape index (κ2) is 6.21. The number of benzene rings is 3. The van der Waals surface area contributed by atoms with Crippen LogP contribution in [0.2, 0.25) is 5.02 Å². The second-order valence-corrected chi connectivity index (χ2v) is 7.14. The van der Waals surface area contributed by atoms with Crippen molar-refractivity contribution >= 4 is 55.2 Å². The summed E-state index contributed by atoms with van der Waals surface area (Å²) < 4.78 is 3.17. The molecule has 5 heteroatoms. The normalized spacial score (nSPS) is 11.3. The molecule has 0 bridgehead atoms. The van der Waals surface area contributed by atoms with Crippen LogP contribution in [0.25, 0.3) is 21.8 Å². The zero-order valence-electron chi connectivity index (χ0n) is 13.2. The van der Waals surface area contributed by atoms with Gasteiger partial charge in [0.15, 0.2) is 0 Å². The first kappa shape index (κ1) is 16.2. The summed E-state index contributed by atoms with van der Waals surface area (Å²) in [6, 6.07) is 19.4. The molecule has 2 N–H and O–H groups in total. The predicted octanol–water partition coefficient (Wildman–Crippen LogP) is 5.36. The van der Waals surface area contributed by atoms with Gasteiger partial charge in [0.1, 0.15) is 0 Å². The van der Waals surface area contributed by atoms with Crippen molar-refractivity contribution in [2.75, 3.05) is 0 Å². The highest BCUT2D eigenvalue weighted by Crippen LogP contribution is 2.36. The Labute approximate surface area is 158 Å². The maximum Gasteiger partial charge on any atom is 0.249 e. The highest BCUT2D eigenvalue weighted by molar-refractivity contribution is 9.10. The Morgan fingerprint density at radius 3 is 2.56 bits per heavy atom. The van der Waals surface area contributed by atoms with E-state index in [2.05, 4.69) is 26.6 Å². The first-order valence-electron chi connectivity index (χ1n) is 7.80. The van der Waals surface area contributed by atoms with Gasteiger partial charge >= 0.3 is 0 Å². The molecule has 1 aromatic heterocycles. The van der Waals surface area contributed by atoms with Crippen molar-refractivity contribution in [3.8, 4) is 0 Å². The number of aromatic nitrogens is 1. The van der Waals surface area contributed by atoms with Crippen molar-refractivity contribution in [1.29, 1.82) is 0 Å². The van der Waals surface area contributed by atoms with Crippen LogP contribution in [0.3, 0.4) is 0 Å². The zero-order chi connectivity index (χ0) is 17.6. The minimum absolute atomic E-state index is 0.439. The van der Waals surface area contributed by atoms with Gasteiger partial charge in [-0.05, 0) is 29.8 Å². The number of hydrogen-bond acceptors (Lipinski definition) is 1. The third-order valence-corrected chi connectivity index (χ3v) is 5.49. The summed E-state index contributed by atoms with van der Waals surface area (Å²) in [5.41, 5.74) is 9.09. The van der Waals surface area contributed by atoms with E-state index in [1.54, 1.807) is 6.07 Å². The van der Waals surface area contributed by atoms with Crippen LogP contribution >= 0.6 is 27.5 Å². The van der Waals surface area contributed by atoms with E-state index in [9.17, 15) is 4.79 Å². The Bertz CT molecular complexity index is 1130. The smallest absolute Gasteiger partial charge is 0.249 e. The SMILES string of the molecule is NC(=O)c1cccc2c1c1cccc(Cl)c1n2Cc1ccccc1Br. The van der Waals surface area contributed by atoms with Crippen molar-refractivity contribution in [3.05, 3.63) is 81.3 Å². The molecule has 4 aromatic rings. The lowest BCUT2D eigenvalue weighted by molar-refractivity contribution is 0.100. The average molecular weight is 414 g/mol. The topological polar surface area (TPSA) is 48.0 Å². The molecule has 0 fully saturated rings. The first-order valence-corrected chi connectivity index (χ1v) is 8.97. The molecule has 3 aromatic carbocycles. The van der Waals surface area contributed by atoms with Crippen LogP contribution in [-0.2, 0) is 6.54 Å². The van der Waals surface area contributed by atoms with E-state index < -0.39 is 5.91 Å². The molecule has 1 heterocycles. The number of carbonyl (C=O) groups excluding carboxylic acids is 1. The summed E-state index contributed by atoms with van der Waals surface area (Å²) in [6.07, 6.45) is 0. The number of para-hydroxylation sites is 1. The van der Waals surface area contributed by atoms with E-state index in [4.69, 9.17) is 17.3 Å². The minimum atomic E-state index is -0.439. The summed E-state index contributed by atoms with van der Waals surface area (Å²) in [4.78, 5) is 11.9. The van der Waals surface area contributed by atoms with Gasteiger partial charge in [-0.2, -0.15) is 0 Å². The molecule has 0 saturated carbocycles. The molecule has 0 atom stereocenters. The Kier molecular flexibility index (Phi) is 4.02. The van der Waals surface area contributed by atoms with E-state index in [-0.39, 0.29) is 0 Å². The molecule has 25 heavy (non-hydrogen) atoms. The highest BCUT2D eigenvalue weighted by atomic mass is 79.9. The lowest BCUT2D eigenvalue weighted by Gasteiger charge is -2.10. The Morgan fingerprint density at radius 2 is 1.80 bits per heavy atom. The van der Waals surface area contributed by atoms with Gasteiger partial charge in [0.25, 0.3) is 0 Å². The number of carbonyl (C=O) groups is 1. The van der Waals surface area contributed by atoms with Crippen LogP contribution in [0.4, 0.5) is 0 Å². The summed E-state index contributed by atoms with van der Waals surface area (Å²) in [5.74, 6) is -0.439. The van der Waals surface area contributed by atoms with E-state index in [1.807, 2.05) is 48.5 Å². The largest absolute Gasteiger partial charge is 0.366 e. The number of hydrogen-bond donors (Lipinski definition) is 1. The summed E-state index contributed by atoms with van der Waals surface area (Å²) in [6.45, 7) is 0.632. The van der Waals surface area contributed by atoms with E-state index >= 15 is 0 Å². The van der Waals surface area contributed by atoms with Gasteiger partial charge in [0.2, 0.25) is 5.91 Å². The highest BCUT2D eigenvalue weighted by Gasteiger charge is 2.18. The lowest BCUT2D eigenvalue weighted by Crippen LogP contribution is -2.11. The molecule has 4 rings (SSSR count). The fourth-order valence-electron chi connectivity index (χ4n) is 3.33. The van der Waals surface area contributed by atoms with Gasteiger partial charge in [-0.15, -0.1) is 0 Å².